The number of nitrogens with two attached hydrogens (primary N) is 1. The van der Waals surface area contributed by atoms with Gasteiger partial charge in [-0.2, -0.15) is 0 Å². The standard InChI is InChI=1S/C7H13N3.BrH.Na/c1-3-6(8)7-9-4-5-10(7)2;;/h4-6H,3,8H2,1-2H3;1H;/q;;+1/p-1. The molecule has 0 radical (unpaired) electrons. The third-order valence-electron chi connectivity index (χ3n) is 1.63. The molecule has 1 aromatic heterocycles. The van der Waals surface area contributed by atoms with Crippen LogP contribution in [0.1, 0.15) is 25.2 Å². The molecule has 64 valence electrons. The van der Waals surface area contributed by atoms with Gasteiger partial charge in [0.25, 0.3) is 0 Å². The number of rotatable bonds is 2. The van der Waals surface area contributed by atoms with Crippen molar-refractivity contribution in [3.63, 3.8) is 0 Å². The van der Waals surface area contributed by atoms with Crippen molar-refractivity contribution in [2.24, 2.45) is 12.8 Å². The Kier molecular flexibility index (Phi) is 8.95. The molecular weight excluding hydrogens is 229 g/mol. The number of hydrogen-bond donors (Lipinski definition) is 1. The minimum absolute atomic E-state index is 0. The summed E-state index contributed by atoms with van der Waals surface area (Å²) in [4.78, 5) is 4.12. The number of aryl methyl sites for hydroxylation is 1. The van der Waals surface area contributed by atoms with E-state index in [4.69, 9.17) is 5.73 Å². The third kappa shape index (κ3) is 3.58. The second-order valence-corrected chi connectivity index (χ2v) is 2.41. The zero-order chi connectivity index (χ0) is 7.56. The first-order valence-electron chi connectivity index (χ1n) is 3.48. The molecule has 0 fully saturated rings. The second kappa shape index (κ2) is 7.09. The van der Waals surface area contributed by atoms with Crippen molar-refractivity contribution in [1.82, 2.24) is 9.55 Å². The number of hydrogen-bond acceptors (Lipinski definition) is 2. The van der Waals surface area contributed by atoms with E-state index in [0.29, 0.717) is 0 Å². The molecule has 1 rings (SSSR count). The summed E-state index contributed by atoms with van der Waals surface area (Å²) in [6.45, 7) is 2.05. The third-order valence-corrected chi connectivity index (χ3v) is 1.63. The minimum atomic E-state index is 0. The van der Waals surface area contributed by atoms with Crippen molar-refractivity contribution in [2.45, 2.75) is 19.4 Å². The Morgan fingerprint density at radius 3 is 2.58 bits per heavy atom. The fourth-order valence-electron chi connectivity index (χ4n) is 0.917. The summed E-state index contributed by atoms with van der Waals surface area (Å²) < 4.78 is 1.95. The molecule has 0 bridgehead atoms. The van der Waals surface area contributed by atoms with Gasteiger partial charge in [-0.3, -0.25) is 0 Å². The predicted molar refractivity (Wildman–Crippen MR) is 40.4 cm³/mol. The van der Waals surface area contributed by atoms with E-state index in [9.17, 15) is 0 Å². The van der Waals surface area contributed by atoms with Gasteiger partial charge in [-0.1, -0.05) is 6.92 Å². The number of aromatic nitrogens is 2. The predicted octanol–water partition coefficient (Wildman–Crippen LogP) is -5.16. The van der Waals surface area contributed by atoms with E-state index < -0.39 is 0 Å². The van der Waals surface area contributed by atoms with Gasteiger partial charge in [0.15, 0.2) is 0 Å². The molecule has 5 heteroatoms. The Balaban J connectivity index is 0. The average molecular weight is 242 g/mol. The van der Waals surface area contributed by atoms with E-state index >= 15 is 0 Å². The van der Waals surface area contributed by atoms with Crippen molar-refractivity contribution in [1.29, 1.82) is 0 Å². The Morgan fingerprint density at radius 2 is 2.25 bits per heavy atom. The second-order valence-electron chi connectivity index (χ2n) is 2.41. The van der Waals surface area contributed by atoms with E-state index in [2.05, 4.69) is 11.9 Å². The molecule has 0 amide bonds. The van der Waals surface area contributed by atoms with Crippen molar-refractivity contribution >= 4 is 0 Å². The van der Waals surface area contributed by atoms with Crippen LogP contribution in [0.4, 0.5) is 0 Å². The van der Waals surface area contributed by atoms with E-state index in [-0.39, 0.29) is 52.6 Å². The molecule has 1 heterocycles. The van der Waals surface area contributed by atoms with Gasteiger partial charge < -0.3 is 27.3 Å². The van der Waals surface area contributed by atoms with E-state index in [1.807, 2.05) is 17.8 Å². The molecule has 0 aromatic carbocycles. The maximum absolute atomic E-state index is 5.76. The van der Waals surface area contributed by atoms with Gasteiger partial charge in [-0.05, 0) is 6.42 Å². The van der Waals surface area contributed by atoms with Crippen LogP contribution in [-0.2, 0) is 7.05 Å². The van der Waals surface area contributed by atoms with Gasteiger partial charge >= 0.3 is 29.6 Å². The summed E-state index contributed by atoms with van der Waals surface area (Å²) in [6, 6.07) is 0.0833. The van der Waals surface area contributed by atoms with Crippen LogP contribution in [0.5, 0.6) is 0 Å². The SMILES string of the molecule is CCC(N)c1nccn1C.[Br-].[Na+]. The smallest absolute Gasteiger partial charge is 1.00 e. The van der Waals surface area contributed by atoms with Crippen molar-refractivity contribution < 1.29 is 46.5 Å². The molecule has 0 saturated carbocycles. The maximum atomic E-state index is 5.76. The van der Waals surface area contributed by atoms with Crippen molar-refractivity contribution in [2.75, 3.05) is 0 Å². The van der Waals surface area contributed by atoms with E-state index in [0.717, 1.165) is 12.2 Å². The van der Waals surface area contributed by atoms with Crippen LogP contribution < -0.4 is 52.3 Å². The summed E-state index contributed by atoms with van der Waals surface area (Å²) in [5, 5.41) is 0. The number of halogens is 1. The number of nitrogens with zero attached hydrogens (tertiary/aromatic N) is 2. The average Bonchev–Trinajstić information content (AvgIpc) is 2.34. The zero-order valence-electron chi connectivity index (χ0n) is 7.79. The van der Waals surface area contributed by atoms with Gasteiger partial charge in [-0.25, -0.2) is 4.98 Å². The molecule has 0 spiro atoms. The van der Waals surface area contributed by atoms with Crippen LogP contribution in [-0.4, -0.2) is 9.55 Å². The molecule has 0 aliphatic carbocycles. The van der Waals surface area contributed by atoms with Crippen LogP contribution in [0.25, 0.3) is 0 Å². The quantitative estimate of drug-likeness (QED) is 0.527. The topological polar surface area (TPSA) is 43.8 Å². The molecule has 3 nitrogen and oxygen atoms in total. The first kappa shape index (κ1) is 15.1. The van der Waals surface area contributed by atoms with Gasteiger partial charge in [0.2, 0.25) is 0 Å². The summed E-state index contributed by atoms with van der Waals surface area (Å²) in [5.74, 6) is 0.961. The summed E-state index contributed by atoms with van der Waals surface area (Å²) in [6.07, 6.45) is 4.61. The largest absolute Gasteiger partial charge is 1.00 e. The molecule has 2 N–H and O–H groups in total. The van der Waals surface area contributed by atoms with E-state index in [1.165, 1.54) is 0 Å². The van der Waals surface area contributed by atoms with Crippen LogP contribution in [0.3, 0.4) is 0 Å². The zero-order valence-corrected chi connectivity index (χ0v) is 11.4. The Hall–Kier alpha value is 0.650. The Morgan fingerprint density at radius 1 is 1.67 bits per heavy atom. The van der Waals surface area contributed by atoms with Gasteiger partial charge in [-0.15, -0.1) is 0 Å². The molecular formula is C7H13BrN3Na. The van der Waals surface area contributed by atoms with Gasteiger partial charge in [0, 0.05) is 19.4 Å². The molecule has 0 aliphatic rings. The van der Waals surface area contributed by atoms with Crippen LogP contribution in [0.15, 0.2) is 12.4 Å². The first-order chi connectivity index (χ1) is 4.75. The molecule has 0 saturated heterocycles. The van der Waals surface area contributed by atoms with Crippen LogP contribution in [0.2, 0.25) is 0 Å². The fourth-order valence-corrected chi connectivity index (χ4v) is 0.917. The Bertz CT molecular complexity index is 214. The molecule has 0 aliphatic heterocycles. The molecule has 1 atom stereocenters. The van der Waals surface area contributed by atoms with Crippen molar-refractivity contribution in [3.8, 4) is 0 Å². The van der Waals surface area contributed by atoms with Crippen molar-refractivity contribution in [3.05, 3.63) is 18.2 Å². The van der Waals surface area contributed by atoms with Gasteiger partial charge in [0.1, 0.15) is 5.82 Å². The summed E-state index contributed by atoms with van der Waals surface area (Å²) in [7, 11) is 1.96. The monoisotopic (exact) mass is 241 g/mol. The number of imidazole rings is 1. The summed E-state index contributed by atoms with van der Waals surface area (Å²) >= 11 is 0. The minimum Gasteiger partial charge on any atom is -1.00 e. The first-order valence-corrected chi connectivity index (χ1v) is 3.48. The summed E-state index contributed by atoms with van der Waals surface area (Å²) in [5.41, 5.74) is 5.76. The normalized spacial score (nSPS) is 11.2. The maximum Gasteiger partial charge on any atom is 1.00 e. The molecule has 12 heavy (non-hydrogen) atoms. The van der Waals surface area contributed by atoms with Gasteiger partial charge in [0.05, 0.1) is 6.04 Å². The fraction of sp³-hybridized carbons (Fsp3) is 0.571. The molecule has 1 aromatic rings. The van der Waals surface area contributed by atoms with E-state index in [1.54, 1.807) is 6.20 Å². The molecule has 1 unspecified atom stereocenters. The Labute approximate surface area is 106 Å². The van der Waals surface area contributed by atoms with Crippen LogP contribution in [0, 0.1) is 0 Å². The van der Waals surface area contributed by atoms with Crippen LogP contribution >= 0.6 is 0 Å².